The SMILES string of the molecule is Cc1ccc(-c2ccc(C[C@H](NC(=O)[C@@H](N(C)C(=O)O)C(C)(C)C)[C@H](O)C[C@@H](N)Cc3ccccc3)cc2)nc1. The predicted octanol–water partition coefficient (Wildman–Crippen LogP) is 4.43. The number of carboxylic acid groups (broad SMARTS) is 1. The van der Waals surface area contributed by atoms with Crippen LogP contribution in [-0.2, 0) is 17.6 Å². The van der Waals surface area contributed by atoms with Gasteiger partial charge in [-0.15, -0.1) is 0 Å². The summed E-state index contributed by atoms with van der Waals surface area (Å²) in [7, 11) is 1.39. The van der Waals surface area contributed by atoms with Crippen LogP contribution in [0.5, 0.6) is 0 Å². The van der Waals surface area contributed by atoms with Gasteiger partial charge in [-0.3, -0.25) is 14.7 Å². The predicted molar refractivity (Wildman–Crippen MR) is 158 cm³/mol. The maximum absolute atomic E-state index is 13.5. The van der Waals surface area contributed by atoms with Gasteiger partial charge in [0.25, 0.3) is 0 Å². The van der Waals surface area contributed by atoms with Crippen molar-refractivity contribution in [1.29, 1.82) is 0 Å². The second-order valence-electron chi connectivity index (χ2n) is 11.7. The fourth-order valence-electron chi connectivity index (χ4n) is 4.98. The topological polar surface area (TPSA) is 129 Å². The van der Waals surface area contributed by atoms with Gasteiger partial charge in [-0.2, -0.15) is 0 Å². The van der Waals surface area contributed by atoms with E-state index in [1.54, 1.807) is 0 Å². The molecule has 0 unspecified atom stereocenters. The second kappa shape index (κ2) is 13.5. The molecule has 0 fully saturated rings. The Bertz CT molecular complexity index is 1240. The lowest BCUT2D eigenvalue weighted by atomic mass is 9.84. The molecule has 0 aliphatic rings. The summed E-state index contributed by atoms with van der Waals surface area (Å²) in [5.74, 6) is -0.460. The molecule has 0 aliphatic carbocycles. The lowest BCUT2D eigenvalue weighted by Crippen LogP contribution is -2.58. The molecule has 8 heteroatoms. The Morgan fingerprint density at radius 1 is 0.975 bits per heavy atom. The molecule has 2 amide bonds. The van der Waals surface area contributed by atoms with Crippen molar-refractivity contribution in [3.05, 3.63) is 89.6 Å². The molecular weight excluding hydrogens is 504 g/mol. The molecule has 3 rings (SSSR count). The summed E-state index contributed by atoms with van der Waals surface area (Å²) in [6, 6.07) is 19.7. The zero-order valence-electron chi connectivity index (χ0n) is 24.0. The maximum Gasteiger partial charge on any atom is 0.407 e. The first kappa shape index (κ1) is 30.8. The van der Waals surface area contributed by atoms with Crippen molar-refractivity contribution < 1.29 is 19.8 Å². The molecule has 8 nitrogen and oxygen atoms in total. The third-order valence-corrected chi connectivity index (χ3v) is 7.05. The van der Waals surface area contributed by atoms with Crippen LogP contribution in [0.3, 0.4) is 0 Å². The highest BCUT2D eigenvalue weighted by atomic mass is 16.4. The van der Waals surface area contributed by atoms with Gasteiger partial charge in [-0.05, 0) is 54.4 Å². The summed E-state index contributed by atoms with van der Waals surface area (Å²) in [6.45, 7) is 7.44. The van der Waals surface area contributed by atoms with Gasteiger partial charge >= 0.3 is 6.09 Å². The number of rotatable bonds is 11. The number of nitrogens with zero attached hydrogens (tertiary/aromatic N) is 2. The van der Waals surface area contributed by atoms with Crippen LogP contribution < -0.4 is 11.1 Å². The van der Waals surface area contributed by atoms with Crippen molar-refractivity contribution in [2.75, 3.05) is 7.05 Å². The number of aryl methyl sites for hydroxylation is 1. The second-order valence-corrected chi connectivity index (χ2v) is 11.7. The molecule has 214 valence electrons. The van der Waals surface area contributed by atoms with Crippen molar-refractivity contribution in [1.82, 2.24) is 15.2 Å². The van der Waals surface area contributed by atoms with E-state index in [1.807, 2.05) is 101 Å². The first-order chi connectivity index (χ1) is 18.8. The van der Waals surface area contributed by atoms with Gasteiger partial charge < -0.3 is 21.3 Å². The maximum atomic E-state index is 13.5. The largest absolute Gasteiger partial charge is 0.465 e. The lowest BCUT2D eigenvalue weighted by molar-refractivity contribution is -0.130. The van der Waals surface area contributed by atoms with E-state index >= 15 is 0 Å². The molecule has 0 radical (unpaired) electrons. The molecule has 5 N–H and O–H groups in total. The molecule has 0 spiro atoms. The van der Waals surface area contributed by atoms with E-state index in [0.29, 0.717) is 12.8 Å². The fraction of sp³-hybridized carbons (Fsp3) is 0.406. The van der Waals surface area contributed by atoms with Crippen LogP contribution in [0.1, 0.15) is 43.9 Å². The smallest absolute Gasteiger partial charge is 0.407 e. The van der Waals surface area contributed by atoms with Crippen LogP contribution in [0.15, 0.2) is 72.9 Å². The van der Waals surface area contributed by atoms with Gasteiger partial charge in [0.1, 0.15) is 6.04 Å². The molecule has 0 aliphatic heterocycles. The number of nitrogens with one attached hydrogen (secondary N) is 1. The number of nitrogens with two attached hydrogens (primary N) is 1. The van der Waals surface area contributed by atoms with E-state index in [2.05, 4.69) is 10.3 Å². The van der Waals surface area contributed by atoms with E-state index in [9.17, 15) is 19.8 Å². The van der Waals surface area contributed by atoms with E-state index in [0.717, 1.165) is 32.8 Å². The van der Waals surface area contributed by atoms with Crippen molar-refractivity contribution in [2.45, 2.75) is 71.2 Å². The Morgan fingerprint density at radius 3 is 2.15 bits per heavy atom. The summed E-state index contributed by atoms with van der Waals surface area (Å²) >= 11 is 0. The minimum absolute atomic E-state index is 0.264. The average Bonchev–Trinajstić information content (AvgIpc) is 2.89. The fourth-order valence-corrected chi connectivity index (χ4v) is 4.98. The van der Waals surface area contributed by atoms with Crippen LogP contribution in [0, 0.1) is 12.3 Å². The third kappa shape index (κ3) is 8.63. The van der Waals surface area contributed by atoms with E-state index in [4.69, 9.17) is 5.73 Å². The van der Waals surface area contributed by atoms with E-state index in [-0.39, 0.29) is 12.5 Å². The molecule has 0 saturated carbocycles. The number of benzene rings is 2. The number of carbonyl (C=O) groups excluding carboxylic acids is 1. The Hall–Kier alpha value is -3.75. The normalized spacial score (nSPS) is 14.6. The zero-order valence-corrected chi connectivity index (χ0v) is 24.0. The average molecular weight is 547 g/mol. The van der Waals surface area contributed by atoms with Gasteiger partial charge in [-0.1, -0.05) is 81.4 Å². The number of hydrogen-bond acceptors (Lipinski definition) is 5. The molecule has 3 aromatic rings. The summed E-state index contributed by atoms with van der Waals surface area (Å²) in [5, 5.41) is 23.9. The van der Waals surface area contributed by atoms with Crippen molar-refractivity contribution in [3.8, 4) is 11.3 Å². The first-order valence-electron chi connectivity index (χ1n) is 13.6. The van der Waals surface area contributed by atoms with Crippen LogP contribution in [-0.4, -0.2) is 63.4 Å². The lowest BCUT2D eigenvalue weighted by Gasteiger charge is -2.37. The van der Waals surface area contributed by atoms with Crippen molar-refractivity contribution in [3.63, 3.8) is 0 Å². The summed E-state index contributed by atoms with van der Waals surface area (Å²) in [5.41, 5.74) is 10.6. The molecule has 4 atom stereocenters. The summed E-state index contributed by atoms with van der Waals surface area (Å²) < 4.78 is 0. The Labute approximate surface area is 237 Å². The minimum Gasteiger partial charge on any atom is -0.465 e. The third-order valence-electron chi connectivity index (χ3n) is 7.05. The monoisotopic (exact) mass is 546 g/mol. The Morgan fingerprint density at radius 2 is 1.60 bits per heavy atom. The number of aliphatic hydroxyl groups excluding tert-OH is 1. The van der Waals surface area contributed by atoms with Crippen LogP contribution in [0.25, 0.3) is 11.3 Å². The molecule has 0 saturated heterocycles. The van der Waals surface area contributed by atoms with Gasteiger partial charge in [0.15, 0.2) is 0 Å². The summed E-state index contributed by atoms with van der Waals surface area (Å²) in [4.78, 5) is 30.8. The number of carbonyl (C=O) groups is 2. The molecule has 0 bridgehead atoms. The van der Waals surface area contributed by atoms with Gasteiger partial charge in [0.05, 0.1) is 17.8 Å². The molecular formula is C32H42N4O4. The van der Waals surface area contributed by atoms with Crippen molar-refractivity contribution in [2.24, 2.45) is 11.1 Å². The number of aliphatic hydroxyl groups is 1. The van der Waals surface area contributed by atoms with Crippen molar-refractivity contribution >= 4 is 12.0 Å². The minimum atomic E-state index is -1.20. The van der Waals surface area contributed by atoms with E-state index in [1.165, 1.54) is 7.05 Å². The standard InChI is InChI=1S/C32H42N4O4/c1-21-11-16-26(34-20-21)24-14-12-23(13-15-24)18-27(28(37)19-25(33)17-22-9-7-6-8-10-22)35-30(38)29(32(2,3)4)36(5)31(39)40/h6-16,20,25,27-29,37H,17-19,33H2,1-5H3,(H,35,38)(H,39,40)/t25-,27-,28+,29+/m0/s1. The highest BCUT2D eigenvalue weighted by Crippen LogP contribution is 2.25. The van der Waals surface area contributed by atoms with Crippen LogP contribution >= 0.6 is 0 Å². The van der Waals surface area contributed by atoms with Crippen LogP contribution in [0.4, 0.5) is 4.79 Å². The number of hydrogen-bond donors (Lipinski definition) is 4. The van der Waals surface area contributed by atoms with E-state index < -0.39 is 35.6 Å². The number of likely N-dealkylation sites (N-methyl/N-ethyl adjacent to an activating group) is 1. The van der Waals surface area contributed by atoms with Crippen LogP contribution in [0.2, 0.25) is 0 Å². The highest BCUT2D eigenvalue weighted by molar-refractivity contribution is 5.86. The quantitative estimate of drug-likeness (QED) is 0.282. The molecule has 1 heterocycles. The Balaban J connectivity index is 1.82. The number of aromatic nitrogens is 1. The number of amides is 2. The van der Waals surface area contributed by atoms with Gasteiger partial charge in [0.2, 0.25) is 5.91 Å². The zero-order chi connectivity index (χ0) is 29.4. The molecule has 40 heavy (non-hydrogen) atoms. The van der Waals surface area contributed by atoms with Gasteiger partial charge in [-0.25, -0.2) is 4.79 Å². The number of pyridine rings is 1. The summed E-state index contributed by atoms with van der Waals surface area (Å²) in [6.07, 6.45) is 0.877. The molecule has 1 aromatic heterocycles. The molecule has 2 aromatic carbocycles. The van der Waals surface area contributed by atoms with Gasteiger partial charge in [0, 0.05) is 24.8 Å². The highest BCUT2D eigenvalue weighted by Gasteiger charge is 2.39. The first-order valence-corrected chi connectivity index (χ1v) is 13.6. The Kier molecular flexibility index (Phi) is 10.4.